The highest BCUT2D eigenvalue weighted by atomic mass is 35.5. The lowest BCUT2D eigenvalue weighted by molar-refractivity contribution is -0.0686. The zero-order valence-electron chi connectivity index (χ0n) is 20.0. The van der Waals surface area contributed by atoms with Gasteiger partial charge >= 0.3 is 0 Å². The minimum atomic E-state index is 0. The molecule has 0 bridgehead atoms. The fourth-order valence-electron chi connectivity index (χ4n) is 4.21. The lowest BCUT2D eigenvalue weighted by Gasteiger charge is -2.35. The van der Waals surface area contributed by atoms with Crippen LogP contribution in [0.4, 0.5) is 5.69 Å². The molecule has 4 rings (SSSR count). The Morgan fingerprint density at radius 3 is 2.42 bits per heavy atom. The van der Waals surface area contributed by atoms with Crippen LogP contribution in [0.1, 0.15) is 31.6 Å². The molecular weight excluding hydrogens is 436 g/mol. The molecule has 3 aromatic rings. The smallest absolute Gasteiger partial charge is 0.138 e. The first-order chi connectivity index (χ1) is 15.5. The van der Waals surface area contributed by atoms with Crippen LogP contribution < -0.4 is 9.64 Å². The minimum Gasteiger partial charge on any atom is -0.493 e. The highest BCUT2D eigenvalue weighted by Crippen LogP contribution is 2.26. The van der Waals surface area contributed by atoms with Gasteiger partial charge in [-0.25, -0.2) is 0 Å². The van der Waals surface area contributed by atoms with Crippen LogP contribution in [-0.4, -0.2) is 57.4 Å². The fraction of sp³-hybridized carbons (Fsp3) is 0.407. The van der Waals surface area contributed by atoms with Gasteiger partial charge in [0.15, 0.2) is 0 Å². The van der Waals surface area contributed by atoms with Crippen molar-refractivity contribution in [3.05, 3.63) is 59.9 Å². The normalized spacial score (nSPS) is 19.0. The summed E-state index contributed by atoms with van der Waals surface area (Å²) in [5.74, 6) is 1.69. The van der Waals surface area contributed by atoms with Crippen LogP contribution in [0.2, 0.25) is 0 Å². The van der Waals surface area contributed by atoms with Crippen LogP contribution in [0.15, 0.2) is 52.9 Å². The van der Waals surface area contributed by atoms with Gasteiger partial charge < -0.3 is 18.8 Å². The van der Waals surface area contributed by atoms with Gasteiger partial charge in [-0.15, -0.1) is 12.4 Å². The van der Waals surface area contributed by atoms with E-state index < -0.39 is 0 Å². The Balaban J connectivity index is 0.00000306. The number of benzene rings is 2. The number of halogens is 1. The van der Waals surface area contributed by atoms with Crippen molar-refractivity contribution < 1.29 is 13.9 Å². The average Bonchev–Trinajstić information content (AvgIpc) is 3.17. The number of anilines is 1. The van der Waals surface area contributed by atoms with E-state index in [0.717, 1.165) is 54.1 Å². The molecule has 0 radical (unpaired) electrons. The fourth-order valence-corrected chi connectivity index (χ4v) is 4.21. The van der Waals surface area contributed by atoms with Gasteiger partial charge in [0.05, 0.1) is 18.8 Å². The molecule has 1 aliphatic heterocycles. The van der Waals surface area contributed by atoms with Crippen LogP contribution in [-0.2, 0) is 4.74 Å². The van der Waals surface area contributed by atoms with Crippen LogP contribution in [0.3, 0.4) is 0 Å². The number of ether oxygens (including phenoxy) is 2. The molecule has 1 aromatic heterocycles. The average molecular weight is 471 g/mol. The van der Waals surface area contributed by atoms with Gasteiger partial charge in [-0.2, -0.15) is 0 Å². The van der Waals surface area contributed by atoms with Crippen molar-refractivity contribution in [1.29, 1.82) is 0 Å². The molecule has 33 heavy (non-hydrogen) atoms. The van der Waals surface area contributed by atoms with Crippen LogP contribution in [0.25, 0.3) is 23.1 Å². The Kier molecular flexibility index (Phi) is 8.84. The summed E-state index contributed by atoms with van der Waals surface area (Å²) in [6, 6.07) is 16.6. The molecule has 1 saturated heterocycles. The van der Waals surface area contributed by atoms with Gasteiger partial charge in [-0.3, -0.25) is 4.90 Å². The molecular formula is C27H35ClN2O3. The molecule has 0 spiro atoms. The number of morpholine rings is 1. The third kappa shape index (κ3) is 7.00. The van der Waals surface area contributed by atoms with Crippen molar-refractivity contribution in [1.82, 2.24) is 4.90 Å². The summed E-state index contributed by atoms with van der Waals surface area (Å²) in [6.45, 7) is 8.01. The van der Waals surface area contributed by atoms with E-state index in [1.54, 1.807) is 0 Å². The van der Waals surface area contributed by atoms with Gasteiger partial charge in [0.2, 0.25) is 0 Å². The van der Waals surface area contributed by atoms with Crippen LogP contribution >= 0.6 is 12.4 Å². The molecule has 2 atom stereocenters. The number of fused-ring (bicyclic) bond motifs is 1. The quantitative estimate of drug-likeness (QED) is 0.379. The molecule has 0 aliphatic carbocycles. The zero-order chi connectivity index (χ0) is 22.5. The number of hydrogen-bond acceptors (Lipinski definition) is 5. The number of furan rings is 1. The third-order valence-electron chi connectivity index (χ3n) is 5.74. The molecule has 178 valence electrons. The second kappa shape index (κ2) is 11.6. The van der Waals surface area contributed by atoms with Crippen molar-refractivity contribution in [3.63, 3.8) is 0 Å². The summed E-state index contributed by atoms with van der Waals surface area (Å²) in [7, 11) is 4.09. The van der Waals surface area contributed by atoms with E-state index in [4.69, 9.17) is 13.9 Å². The summed E-state index contributed by atoms with van der Waals surface area (Å²) in [5.41, 5.74) is 3.18. The number of hydrogen-bond donors (Lipinski definition) is 0. The first-order valence-electron chi connectivity index (χ1n) is 11.5. The summed E-state index contributed by atoms with van der Waals surface area (Å²) in [6.07, 6.45) is 5.69. The minimum absolute atomic E-state index is 0. The van der Waals surface area contributed by atoms with E-state index in [2.05, 4.69) is 66.1 Å². The van der Waals surface area contributed by atoms with E-state index in [1.807, 2.05) is 32.3 Å². The second-order valence-corrected chi connectivity index (χ2v) is 8.89. The molecule has 2 heterocycles. The molecule has 1 fully saturated rings. The maximum Gasteiger partial charge on any atom is 0.138 e. The Morgan fingerprint density at radius 2 is 1.73 bits per heavy atom. The standard InChI is InChI=1S/C27H34N2O3.ClH/c1-20-18-29(19-21(2)31-20)14-5-15-30-25-13-9-23-16-26(32-27(23)17-25)12-8-22-6-10-24(11-7-22)28(3)4;/h6-13,16-17,20-21H,5,14-15,18-19H2,1-4H3;1H/b12-8+;/t20-,21+;. The van der Waals surface area contributed by atoms with Crippen molar-refractivity contribution in [2.75, 3.05) is 45.2 Å². The van der Waals surface area contributed by atoms with Crippen molar-refractivity contribution >= 4 is 41.2 Å². The first kappa shape index (κ1) is 25.2. The van der Waals surface area contributed by atoms with Crippen molar-refractivity contribution in [3.8, 4) is 5.75 Å². The van der Waals surface area contributed by atoms with Gasteiger partial charge in [-0.05, 0) is 62.2 Å². The summed E-state index contributed by atoms with van der Waals surface area (Å²) >= 11 is 0. The maximum absolute atomic E-state index is 6.02. The Morgan fingerprint density at radius 1 is 1.00 bits per heavy atom. The zero-order valence-corrected chi connectivity index (χ0v) is 20.8. The Bertz CT molecular complexity index is 1040. The highest BCUT2D eigenvalue weighted by Gasteiger charge is 2.21. The maximum atomic E-state index is 6.02. The molecule has 6 heteroatoms. The van der Waals surface area contributed by atoms with Gasteiger partial charge in [-0.1, -0.05) is 18.2 Å². The molecule has 0 saturated carbocycles. The topological polar surface area (TPSA) is 38.1 Å². The molecule has 1 aliphatic rings. The number of nitrogens with zero attached hydrogens (tertiary/aromatic N) is 2. The summed E-state index contributed by atoms with van der Waals surface area (Å²) in [4.78, 5) is 4.56. The van der Waals surface area contributed by atoms with Gasteiger partial charge in [0.1, 0.15) is 17.1 Å². The Labute approximate surface area is 203 Å². The molecule has 0 amide bonds. The Hall–Kier alpha value is -2.47. The van der Waals surface area contributed by atoms with Gasteiger partial charge in [0.25, 0.3) is 0 Å². The third-order valence-corrected chi connectivity index (χ3v) is 5.74. The molecule has 2 aromatic carbocycles. The summed E-state index contributed by atoms with van der Waals surface area (Å²) < 4.78 is 17.8. The van der Waals surface area contributed by atoms with E-state index in [1.165, 1.54) is 5.69 Å². The molecule has 0 N–H and O–H groups in total. The summed E-state index contributed by atoms with van der Waals surface area (Å²) in [5, 5.41) is 1.08. The first-order valence-corrected chi connectivity index (χ1v) is 11.5. The van der Waals surface area contributed by atoms with Crippen LogP contribution in [0.5, 0.6) is 5.75 Å². The van der Waals surface area contributed by atoms with Crippen molar-refractivity contribution in [2.45, 2.75) is 32.5 Å². The highest BCUT2D eigenvalue weighted by molar-refractivity contribution is 5.85. The van der Waals surface area contributed by atoms with Gasteiger partial charge in [0, 0.05) is 50.9 Å². The van der Waals surface area contributed by atoms with E-state index in [0.29, 0.717) is 18.8 Å². The van der Waals surface area contributed by atoms with Crippen molar-refractivity contribution in [2.24, 2.45) is 0 Å². The van der Waals surface area contributed by atoms with E-state index >= 15 is 0 Å². The second-order valence-electron chi connectivity index (χ2n) is 8.89. The predicted molar refractivity (Wildman–Crippen MR) is 140 cm³/mol. The molecule has 5 nitrogen and oxygen atoms in total. The van der Waals surface area contributed by atoms with E-state index in [-0.39, 0.29) is 12.4 Å². The largest absolute Gasteiger partial charge is 0.493 e. The SMILES string of the molecule is C[C@@H]1CN(CCCOc2ccc3cc(/C=C/c4ccc(N(C)C)cc4)oc3c2)C[C@H](C)O1.Cl. The number of rotatable bonds is 8. The monoisotopic (exact) mass is 470 g/mol. The van der Waals surface area contributed by atoms with Crippen LogP contribution in [0, 0.1) is 0 Å². The molecule has 0 unspecified atom stereocenters. The predicted octanol–water partition coefficient (Wildman–Crippen LogP) is 5.97. The lowest BCUT2D eigenvalue weighted by Crippen LogP contribution is -2.45. The lowest BCUT2D eigenvalue weighted by atomic mass is 10.1. The van der Waals surface area contributed by atoms with E-state index in [9.17, 15) is 0 Å².